The average molecular weight is 376 g/mol. The van der Waals surface area contributed by atoms with Crippen molar-refractivity contribution in [3.8, 4) is 22.8 Å². The molecular weight excluding hydrogens is 352 g/mol. The zero-order chi connectivity index (χ0) is 20.1. The topological polar surface area (TPSA) is 60.5 Å². The van der Waals surface area contributed by atoms with E-state index in [-0.39, 0.29) is 11.9 Å². The predicted octanol–water partition coefficient (Wildman–Crippen LogP) is 4.57. The van der Waals surface area contributed by atoms with Gasteiger partial charge < -0.3 is 14.8 Å². The second kappa shape index (κ2) is 8.57. The molecule has 0 fully saturated rings. The maximum Gasteiger partial charge on any atom is 0.253 e. The van der Waals surface area contributed by atoms with Crippen molar-refractivity contribution in [1.82, 2.24) is 10.3 Å². The smallest absolute Gasteiger partial charge is 0.253 e. The van der Waals surface area contributed by atoms with Gasteiger partial charge in [0.15, 0.2) is 0 Å². The fourth-order valence-corrected chi connectivity index (χ4v) is 3.10. The van der Waals surface area contributed by atoms with Gasteiger partial charge in [-0.3, -0.25) is 9.78 Å². The highest BCUT2D eigenvalue weighted by atomic mass is 16.5. The Labute approximate surface area is 165 Å². The summed E-state index contributed by atoms with van der Waals surface area (Å²) in [4.78, 5) is 17.4. The maximum absolute atomic E-state index is 12.8. The third-order valence-corrected chi connectivity index (χ3v) is 4.65. The lowest BCUT2D eigenvalue weighted by molar-refractivity contribution is 0.0938. The fourth-order valence-electron chi connectivity index (χ4n) is 3.10. The maximum atomic E-state index is 12.8. The van der Waals surface area contributed by atoms with Crippen molar-refractivity contribution >= 4 is 5.91 Å². The molecule has 1 N–H and O–H groups in total. The molecule has 5 heteroatoms. The van der Waals surface area contributed by atoms with Crippen LogP contribution in [0.5, 0.6) is 11.5 Å². The van der Waals surface area contributed by atoms with Crippen LogP contribution in [0.3, 0.4) is 0 Å². The molecule has 1 aromatic heterocycles. The van der Waals surface area contributed by atoms with Crippen LogP contribution in [0.15, 0.2) is 60.7 Å². The highest BCUT2D eigenvalue weighted by molar-refractivity contribution is 5.95. The number of rotatable bonds is 6. The van der Waals surface area contributed by atoms with Gasteiger partial charge >= 0.3 is 0 Å². The summed E-state index contributed by atoms with van der Waals surface area (Å²) in [6.07, 6.45) is 0. The summed E-state index contributed by atoms with van der Waals surface area (Å²) in [5.41, 5.74) is 3.95. The van der Waals surface area contributed by atoms with Gasteiger partial charge in [0, 0.05) is 11.1 Å². The van der Waals surface area contributed by atoms with Crippen LogP contribution in [0.4, 0.5) is 0 Å². The Kier molecular flexibility index (Phi) is 5.94. The van der Waals surface area contributed by atoms with Crippen LogP contribution in [0.1, 0.15) is 34.6 Å². The number of hydrogen-bond acceptors (Lipinski definition) is 4. The Hall–Kier alpha value is -3.34. The Morgan fingerprint density at radius 2 is 1.75 bits per heavy atom. The SMILES string of the molecule is COc1ccc(OC)c(C(C)NC(=O)c2ccc(-c3ccccc3)nc2C)c1. The van der Waals surface area contributed by atoms with E-state index in [1.54, 1.807) is 14.2 Å². The molecule has 0 radical (unpaired) electrons. The first kappa shape index (κ1) is 19.4. The Bertz CT molecular complexity index is 971. The molecule has 0 spiro atoms. The standard InChI is InChI=1S/C23H24N2O3/c1-15-19(11-12-21(24-15)17-8-6-5-7-9-17)23(26)25-16(2)20-14-18(27-3)10-13-22(20)28-4/h5-14,16H,1-4H3,(H,25,26). The van der Waals surface area contributed by atoms with Gasteiger partial charge in [-0.25, -0.2) is 0 Å². The molecule has 2 aromatic carbocycles. The number of ether oxygens (including phenoxy) is 2. The number of methoxy groups -OCH3 is 2. The summed E-state index contributed by atoms with van der Waals surface area (Å²) in [7, 11) is 3.22. The Balaban J connectivity index is 1.81. The summed E-state index contributed by atoms with van der Waals surface area (Å²) in [6, 6.07) is 18.9. The molecule has 144 valence electrons. The van der Waals surface area contributed by atoms with Crippen molar-refractivity contribution in [2.45, 2.75) is 19.9 Å². The zero-order valence-corrected chi connectivity index (χ0v) is 16.5. The minimum atomic E-state index is -0.259. The molecule has 0 saturated heterocycles. The Morgan fingerprint density at radius 1 is 1.00 bits per heavy atom. The molecule has 3 aromatic rings. The number of carbonyl (C=O) groups is 1. The van der Waals surface area contributed by atoms with E-state index >= 15 is 0 Å². The van der Waals surface area contributed by atoms with Gasteiger partial charge in [0.25, 0.3) is 5.91 Å². The number of nitrogens with one attached hydrogen (secondary N) is 1. The van der Waals surface area contributed by atoms with Crippen molar-refractivity contribution in [3.05, 3.63) is 77.5 Å². The summed E-state index contributed by atoms with van der Waals surface area (Å²) < 4.78 is 10.7. The first-order valence-corrected chi connectivity index (χ1v) is 9.09. The van der Waals surface area contributed by atoms with E-state index < -0.39 is 0 Å². The van der Waals surface area contributed by atoms with Crippen molar-refractivity contribution in [1.29, 1.82) is 0 Å². The van der Waals surface area contributed by atoms with Gasteiger partial charge in [-0.1, -0.05) is 30.3 Å². The van der Waals surface area contributed by atoms with Crippen LogP contribution in [0.25, 0.3) is 11.3 Å². The minimum Gasteiger partial charge on any atom is -0.497 e. The van der Waals surface area contributed by atoms with Gasteiger partial charge in [0.1, 0.15) is 11.5 Å². The monoisotopic (exact) mass is 376 g/mol. The molecule has 1 heterocycles. The summed E-state index contributed by atoms with van der Waals surface area (Å²) in [6.45, 7) is 3.76. The number of amides is 1. The normalized spacial score (nSPS) is 11.6. The van der Waals surface area contributed by atoms with Gasteiger partial charge in [-0.15, -0.1) is 0 Å². The second-order valence-corrected chi connectivity index (χ2v) is 6.50. The number of aryl methyl sites for hydroxylation is 1. The molecule has 1 atom stereocenters. The predicted molar refractivity (Wildman–Crippen MR) is 110 cm³/mol. The first-order chi connectivity index (χ1) is 13.5. The summed E-state index contributed by atoms with van der Waals surface area (Å²) >= 11 is 0. The van der Waals surface area contributed by atoms with Crippen LogP contribution in [0.2, 0.25) is 0 Å². The van der Waals surface area contributed by atoms with Crippen molar-refractivity contribution in [3.63, 3.8) is 0 Å². The highest BCUT2D eigenvalue weighted by Gasteiger charge is 2.18. The van der Waals surface area contributed by atoms with Crippen LogP contribution in [0, 0.1) is 6.92 Å². The van der Waals surface area contributed by atoms with Crippen LogP contribution < -0.4 is 14.8 Å². The third kappa shape index (κ3) is 4.14. The Morgan fingerprint density at radius 3 is 2.39 bits per heavy atom. The van der Waals surface area contributed by atoms with E-state index in [4.69, 9.17) is 9.47 Å². The number of aromatic nitrogens is 1. The number of nitrogens with zero attached hydrogens (tertiary/aromatic N) is 1. The molecule has 0 saturated carbocycles. The van der Waals surface area contributed by atoms with E-state index in [0.717, 1.165) is 16.8 Å². The van der Waals surface area contributed by atoms with Crippen molar-refractivity contribution < 1.29 is 14.3 Å². The number of hydrogen-bond donors (Lipinski definition) is 1. The average Bonchev–Trinajstić information content (AvgIpc) is 2.73. The number of benzene rings is 2. The molecule has 0 aliphatic heterocycles. The van der Waals surface area contributed by atoms with Crippen LogP contribution >= 0.6 is 0 Å². The summed E-state index contributed by atoms with van der Waals surface area (Å²) in [5.74, 6) is 1.23. The van der Waals surface area contributed by atoms with E-state index in [2.05, 4.69) is 10.3 Å². The molecule has 28 heavy (non-hydrogen) atoms. The lowest BCUT2D eigenvalue weighted by atomic mass is 10.0. The fraction of sp³-hybridized carbons (Fsp3) is 0.217. The van der Waals surface area contributed by atoms with Gasteiger partial charge in [0.2, 0.25) is 0 Å². The zero-order valence-electron chi connectivity index (χ0n) is 16.5. The molecule has 5 nitrogen and oxygen atoms in total. The number of carbonyl (C=O) groups excluding carboxylic acids is 1. The van der Waals surface area contributed by atoms with Gasteiger partial charge in [-0.2, -0.15) is 0 Å². The highest BCUT2D eigenvalue weighted by Crippen LogP contribution is 2.29. The lowest BCUT2D eigenvalue weighted by Gasteiger charge is -2.19. The van der Waals surface area contributed by atoms with E-state index in [9.17, 15) is 4.79 Å². The molecule has 0 aliphatic rings. The van der Waals surface area contributed by atoms with Crippen molar-refractivity contribution in [2.24, 2.45) is 0 Å². The lowest BCUT2D eigenvalue weighted by Crippen LogP contribution is -2.27. The largest absolute Gasteiger partial charge is 0.497 e. The van der Waals surface area contributed by atoms with Gasteiger partial charge in [0.05, 0.1) is 37.2 Å². The van der Waals surface area contributed by atoms with E-state index in [1.807, 2.05) is 74.5 Å². The second-order valence-electron chi connectivity index (χ2n) is 6.50. The molecule has 1 amide bonds. The molecule has 0 bridgehead atoms. The van der Waals surface area contributed by atoms with Crippen LogP contribution in [-0.2, 0) is 0 Å². The molecular formula is C23H24N2O3. The van der Waals surface area contributed by atoms with E-state index in [0.29, 0.717) is 22.8 Å². The van der Waals surface area contributed by atoms with E-state index in [1.165, 1.54) is 0 Å². The molecule has 1 unspecified atom stereocenters. The van der Waals surface area contributed by atoms with Gasteiger partial charge in [-0.05, 0) is 44.2 Å². The quantitative estimate of drug-likeness (QED) is 0.685. The number of pyridine rings is 1. The third-order valence-electron chi connectivity index (χ3n) is 4.65. The summed E-state index contributed by atoms with van der Waals surface area (Å²) in [5, 5.41) is 3.02. The van der Waals surface area contributed by atoms with Crippen molar-refractivity contribution in [2.75, 3.05) is 14.2 Å². The molecule has 3 rings (SSSR count). The minimum absolute atomic E-state index is 0.179. The molecule has 0 aliphatic carbocycles. The first-order valence-electron chi connectivity index (χ1n) is 9.09. The van der Waals surface area contributed by atoms with Crippen LogP contribution in [-0.4, -0.2) is 25.1 Å².